The van der Waals surface area contributed by atoms with E-state index in [0.717, 1.165) is 5.82 Å². The highest BCUT2D eigenvalue weighted by Gasteiger charge is 2.25. The van der Waals surface area contributed by atoms with Gasteiger partial charge in [0.1, 0.15) is 0 Å². The zero-order valence-corrected chi connectivity index (χ0v) is 9.19. The molecule has 5 heteroatoms. The van der Waals surface area contributed by atoms with Gasteiger partial charge in [-0.2, -0.15) is 0 Å². The Morgan fingerprint density at radius 3 is 2.67 bits per heavy atom. The van der Waals surface area contributed by atoms with Gasteiger partial charge < -0.3 is 10.0 Å². The van der Waals surface area contributed by atoms with Crippen molar-refractivity contribution >= 4 is 17.4 Å². The van der Waals surface area contributed by atoms with Crippen LogP contribution in [0.4, 0.5) is 5.82 Å². The molecule has 1 aromatic heterocycles. The number of rotatable bonds is 4. The van der Waals surface area contributed by atoms with Crippen molar-refractivity contribution < 1.29 is 5.11 Å². The van der Waals surface area contributed by atoms with Gasteiger partial charge >= 0.3 is 0 Å². The van der Waals surface area contributed by atoms with Gasteiger partial charge in [0.25, 0.3) is 0 Å². The first-order valence-corrected chi connectivity index (χ1v) is 5.56. The van der Waals surface area contributed by atoms with Gasteiger partial charge in [-0.3, -0.25) is 0 Å². The first kappa shape index (κ1) is 10.6. The van der Waals surface area contributed by atoms with Gasteiger partial charge in [-0.15, -0.1) is 10.2 Å². The van der Waals surface area contributed by atoms with E-state index >= 15 is 0 Å². The van der Waals surface area contributed by atoms with Gasteiger partial charge in [-0.1, -0.05) is 11.6 Å². The molecule has 0 amide bonds. The third-order valence-electron chi connectivity index (χ3n) is 2.77. The van der Waals surface area contributed by atoms with E-state index in [1.807, 2.05) is 6.07 Å². The lowest BCUT2D eigenvalue weighted by atomic mass is 9.91. The number of aliphatic hydroxyl groups is 1. The minimum absolute atomic E-state index is 0.140. The summed E-state index contributed by atoms with van der Waals surface area (Å²) in [5, 5.41) is 17.3. The van der Waals surface area contributed by atoms with Gasteiger partial charge in [-0.25, -0.2) is 0 Å². The van der Waals surface area contributed by atoms with Crippen LogP contribution in [0.25, 0.3) is 0 Å². The monoisotopic (exact) mass is 227 g/mol. The van der Waals surface area contributed by atoms with Crippen molar-refractivity contribution in [3.63, 3.8) is 0 Å². The van der Waals surface area contributed by atoms with Gasteiger partial charge in [0.15, 0.2) is 11.0 Å². The summed E-state index contributed by atoms with van der Waals surface area (Å²) in [6, 6.07) is 4.09. The molecule has 1 fully saturated rings. The summed E-state index contributed by atoms with van der Waals surface area (Å²) in [7, 11) is 0. The maximum atomic E-state index is 9.01. The highest BCUT2D eigenvalue weighted by atomic mass is 35.5. The number of anilines is 1. The summed E-state index contributed by atoms with van der Waals surface area (Å²) in [4.78, 5) is 2.10. The van der Waals surface area contributed by atoms with E-state index in [-0.39, 0.29) is 6.61 Å². The Labute approximate surface area is 93.9 Å². The fourth-order valence-corrected chi connectivity index (χ4v) is 1.85. The van der Waals surface area contributed by atoms with Crippen LogP contribution in [0.1, 0.15) is 19.3 Å². The molecule has 0 unspecified atom stereocenters. The highest BCUT2D eigenvalue weighted by molar-refractivity contribution is 6.29. The van der Waals surface area contributed by atoms with Gasteiger partial charge in [0, 0.05) is 12.6 Å². The van der Waals surface area contributed by atoms with E-state index in [9.17, 15) is 0 Å². The Balaban J connectivity index is 2.12. The predicted molar refractivity (Wildman–Crippen MR) is 59.1 cm³/mol. The molecular formula is C10H14ClN3O. The second-order valence-corrected chi connectivity index (χ2v) is 4.10. The molecule has 0 saturated heterocycles. The van der Waals surface area contributed by atoms with Crippen molar-refractivity contribution in [3.8, 4) is 0 Å². The molecule has 1 N–H and O–H groups in total. The fourth-order valence-electron chi connectivity index (χ4n) is 1.75. The summed E-state index contributed by atoms with van der Waals surface area (Å²) in [6.07, 6.45) is 3.60. The average Bonchev–Trinajstić information content (AvgIpc) is 2.16. The maximum absolute atomic E-state index is 9.01. The van der Waals surface area contributed by atoms with Crippen LogP contribution < -0.4 is 4.90 Å². The lowest BCUT2D eigenvalue weighted by Gasteiger charge is -2.37. The third kappa shape index (κ3) is 2.38. The lowest BCUT2D eigenvalue weighted by molar-refractivity contribution is 0.282. The molecule has 1 aliphatic carbocycles. The zero-order chi connectivity index (χ0) is 10.7. The van der Waals surface area contributed by atoms with Crippen LogP contribution in [-0.2, 0) is 0 Å². The van der Waals surface area contributed by atoms with Crippen LogP contribution in [0.15, 0.2) is 12.1 Å². The van der Waals surface area contributed by atoms with Crippen molar-refractivity contribution in [1.82, 2.24) is 10.2 Å². The van der Waals surface area contributed by atoms with E-state index in [2.05, 4.69) is 15.1 Å². The Morgan fingerprint density at radius 1 is 1.40 bits per heavy atom. The van der Waals surface area contributed by atoms with E-state index in [1.54, 1.807) is 6.07 Å². The number of hydrogen-bond donors (Lipinski definition) is 1. The molecule has 0 radical (unpaired) electrons. The molecule has 1 saturated carbocycles. The van der Waals surface area contributed by atoms with E-state index < -0.39 is 0 Å². The number of hydrogen-bond acceptors (Lipinski definition) is 4. The summed E-state index contributed by atoms with van der Waals surface area (Å²) in [5.74, 6) is 0.804. The Kier molecular flexibility index (Phi) is 3.38. The molecule has 0 bridgehead atoms. The highest BCUT2D eigenvalue weighted by Crippen LogP contribution is 2.28. The molecule has 4 nitrogen and oxygen atoms in total. The van der Waals surface area contributed by atoms with Crippen molar-refractivity contribution in [2.24, 2.45) is 0 Å². The molecule has 0 spiro atoms. The molecule has 0 aliphatic heterocycles. The first-order valence-electron chi connectivity index (χ1n) is 5.18. The standard InChI is InChI=1S/C10H14ClN3O/c11-9-4-5-10(13-12-9)14(6-7-15)8-2-1-3-8/h4-5,8,15H,1-3,6-7H2. The molecule has 0 aromatic carbocycles. The minimum atomic E-state index is 0.140. The second kappa shape index (κ2) is 4.77. The molecule has 1 heterocycles. The average molecular weight is 228 g/mol. The number of aromatic nitrogens is 2. The van der Waals surface area contributed by atoms with Crippen LogP contribution >= 0.6 is 11.6 Å². The Hall–Kier alpha value is -0.870. The van der Waals surface area contributed by atoms with Crippen molar-refractivity contribution in [1.29, 1.82) is 0 Å². The van der Waals surface area contributed by atoms with E-state index in [0.29, 0.717) is 17.7 Å². The third-order valence-corrected chi connectivity index (χ3v) is 2.97. The van der Waals surface area contributed by atoms with Crippen LogP contribution in [0.2, 0.25) is 5.15 Å². The van der Waals surface area contributed by atoms with Crippen LogP contribution in [-0.4, -0.2) is 34.5 Å². The predicted octanol–water partition coefficient (Wildman–Crippen LogP) is 1.48. The normalized spacial score (nSPS) is 16.1. The largest absolute Gasteiger partial charge is 0.395 e. The van der Waals surface area contributed by atoms with Crippen molar-refractivity contribution in [2.75, 3.05) is 18.1 Å². The Bertz CT molecular complexity index is 313. The SMILES string of the molecule is OCCN(c1ccc(Cl)nn1)C1CCC1. The van der Waals surface area contributed by atoms with Crippen molar-refractivity contribution in [2.45, 2.75) is 25.3 Å². The molecule has 82 valence electrons. The Morgan fingerprint density at radius 2 is 2.20 bits per heavy atom. The molecule has 2 rings (SSSR count). The summed E-state index contributed by atoms with van der Waals surface area (Å²) in [6.45, 7) is 0.752. The fraction of sp³-hybridized carbons (Fsp3) is 0.600. The molecular weight excluding hydrogens is 214 g/mol. The first-order chi connectivity index (χ1) is 7.31. The molecule has 0 atom stereocenters. The van der Waals surface area contributed by atoms with Gasteiger partial charge in [0.2, 0.25) is 0 Å². The molecule has 1 aromatic rings. The molecule has 1 aliphatic rings. The second-order valence-electron chi connectivity index (χ2n) is 3.72. The lowest BCUT2D eigenvalue weighted by Crippen LogP contribution is -2.42. The number of aliphatic hydroxyl groups excluding tert-OH is 1. The minimum Gasteiger partial charge on any atom is -0.395 e. The summed E-state index contributed by atoms with van der Waals surface area (Å²) < 4.78 is 0. The summed E-state index contributed by atoms with van der Waals surface area (Å²) >= 11 is 5.68. The maximum Gasteiger partial charge on any atom is 0.151 e. The van der Waals surface area contributed by atoms with E-state index in [1.165, 1.54) is 19.3 Å². The van der Waals surface area contributed by atoms with Crippen LogP contribution in [0.5, 0.6) is 0 Å². The van der Waals surface area contributed by atoms with Crippen LogP contribution in [0.3, 0.4) is 0 Å². The number of nitrogens with zero attached hydrogens (tertiary/aromatic N) is 3. The van der Waals surface area contributed by atoms with Crippen molar-refractivity contribution in [3.05, 3.63) is 17.3 Å². The van der Waals surface area contributed by atoms with E-state index in [4.69, 9.17) is 16.7 Å². The van der Waals surface area contributed by atoms with Gasteiger partial charge in [0.05, 0.1) is 6.61 Å². The smallest absolute Gasteiger partial charge is 0.151 e. The quantitative estimate of drug-likeness (QED) is 0.847. The topological polar surface area (TPSA) is 49.2 Å². The summed E-state index contributed by atoms with van der Waals surface area (Å²) in [5.41, 5.74) is 0. The van der Waals surface area contributed by atoms with Gasteiger partial charge in [-0.05, 0) is 31.4 Å². The molecule has 15 heavy (non-hydrogen) atoms. The van der Waals surface area contributed by atoms with Crippen LogP contribution in [0, 0.1) is 0 Å². The zero-order valence-electron chi connectivity index (χ0n) is 8.43. The number of halogens is 1.